The summed E-state index contributed by atoms with van der Waals surface area (Å²) in [6.07, 6.45) is 46.8. The number of hydrogen-bond donors (Lipinski definition) is 0. The number of rotatable bonds is 39. The zero-order valence-electron chi connectivity index (χ0n) is 36.5. The number of aliphatic carboxylic acids is 1. The lowest BCUT2D eigenvalue weighted by molar-refractivity contribution is -0.889. The van der Waals surface area contributed by atoms with Gasteiger partial charge in [0.15, 0.2) is 6.10 Å². The molecule has 0 aliphatic carbocycles. The molecule has 0 saturated carbocycles. The Morgan fingerprint density at radius 2 is 1.02 bits per heavy atom. The smallest absolute Gasteiger partial charge is 0.306 e. The number of esters is 2. The van der Waals surface area contributed by atoms with Crippen LogP contribution in [-0.4, -0.2) is 75.5 Å². The maximum Gasteiger partial charge on any atom is 0.306 e. The quantitative estimate of drug-likeness (QED) is 0.0201. The Bertz CT molecular complexity index is 1100. The van der Waals surface area contributed by atoms with Gasteiger partial charge in [0.05, 0.1) is 40.3 Å². The molecule has 0 bridgehead atoms. The third kappa shape index (κ3) is 36.7. The largest absolute Gasteiger partial charge is 0.544 e. The summed E-state index contributed by atoms with van der Waals surface area (Å²) >= 11 is 0. The number of quaternary nitrogens is 1. The highest BCUT2D eigenvalue weighted by Gasteiger charge is 2.25. The normalized spacial score (nSPS) is 13.5. The van der Waals surface area contributed by atoms with E-state index in [1.807, 2.05) is 36.5 Å². The van der Waals surface area contributed by atoms with Gasteiger partial charge in [-0.25, -0.2) is 0 Å². The summed E-state index contributed by atoms with van der Waals surface area (Å²) < 4.78 is 17.1. The van der Waals surface area contributed by atoms with Crippen molar-refractivity contribution < 1.29 is 38.2 Å². The van der Waals surface area contributed by atoms with Gasteiger partial charge in [-0.3, -0.25) is 9.59 Å². The van der Waals surface area contributed by atoms with Crippen LogP contribution in [0.1, 0.15) is 174 Å². The Kier molecular flexibility index (Phi) is 36.8. The van der Waals surface area contributed by atoms with Crippen molar-refractivity contribution in [1.29, 1.82) is 0 Å². The highest BCUT2D eigenvalue weighted by atomic mass is 16.6. The van der Waals surface area contributed by atoms with Gasteiger partial charge in [0.1, 0.15) is 12.6 Å². The van der Waals surface area contributed by atoms with Crippen LogP contribution in [0.2, 0.25) is 0 Å². The number of carboxylic acid groups (broad SMARTS) is 1. The summed E-state index contributed by atoms with van der Waals surface area (Å²) in [7, 11) is 5.38. The summed E-state index contributed by atoms with van der Waals surface area (Å²) in [4.78, 5) is 36.8. The van der Waals surface area contributed by atoms with Crippen molar-refractivity contribution in [2.75, 3.05) is 41.0 Å². The molecule has 0 N–H and O–H groups in total. The SMILES string of the molecule is CC/C=C/C=C/C=C/C=C/CCCCCC(=O)OC(COCCC(C(=O)[O-])[N+](C)(C)C)COC(=O)CCCCCCCCC/C=C/CCCCCCCCCC. The highest BCUT2D eigenvalue weighted by molar-refractivity contribution is 5.70. The molecule has 0 aromatic heterocycles. The van der Waals surface area contributed by atoms with E-state index in [1.165, 1.54) is 89.9 Å². The van der Waals surface area contributed by atoms with Crippen LogP contribution in [0.5, 0.6) is 0 Å². The van der Waals surface area contributed by atoms with E-state index < -0.39 is 18.1 Å². The van der Waals surface area contributed by atoms with Crippen LogP contribution >= 0.6 is 0 Å². The zero-order chi connectivity index (χ0) is 41.4. The second kappa shape index (κ2) is 38.9. The zero-order valence-corrected chi connectivity index (χ0v) is 36.5. The van der Waals surface area contributed by atoms with Crippen molar-refractivity contribution >= 4 is 17.9 Å². The van der Waals surface area contributed by atoms with Crippen molar-refractivity contribution in [3.8, 4) is 0 Å². The second-order valence-electron chi connectivity index (χ2n) is 16.0. The summed E-state index contributed by atoms with van der Waals surface area (Å²) in [6, 6.07) is -0.735. The number of likely N-dealkylation sites (N-methyl/N-ethyl adjacent to an activating group) is 1. The van der Waals surface area contributed by atoms with E-state index in [1.54, 1.807) is 21.1 Å². The van der Waals surface area contributed by atoms with E-state index in [0.717, 1.165) is 44.9 Å². The molecule has 0 radical (unpaired) electrons. The van der Waals surface area contributed by atoms with Gasteiger partial charge in [0.2, 0.25) is 0 Å². The van der Waals surface area contributed by atoms with Gasteiger partial charge in [-0.05, 0) is 57.8 Å². The summed E-state index contributed by atoms with van der Waals surface area (Å²) in [6.45, 7) is 4.47. The Hall–Kier alpha value is -2.97. The van der Waals surface area contributed by atoms with E-state index in [0.29, 0.717) is 12.8 Å². The number of nitrogens with zero attached hydrogens (tertiary/aromatic N) is 1. The summed E-state index contributed by atoms with van der Waals surface area (Å²) in [5.41, 5.74) is 0. The number of carbonyl (C=O) groups is 3. The van der Waals surface area contributed by atoms with Crippen LogP contribution < -0.4 is 5.11 Å². The molecule has 2 atom stereocenters. The molecule has 0 spiro atoms. The minimum atomic E-state index is -1.13. The van der Waals surface area contributed by atoms with Gasteiger partial charge < -0.3 is 28.6 Å². The molecule has 0 fully saturated rings. The molecule has 322 valence electrons. The minimum absolute atomic E-state index is 0.0212. The van der Waals surface area contributed by atoms with Crippen molar-refractivity contribution in [3.63, 3.8) is 0 Å². The lowest BCUT2D eigenvalue weighted by Gasteiger charge is -2.34. The molecule has 0 rings (SSSR count). The van der Waals surface area contributed by atoms with Crippen LogP contribution in [0.25, 0.3) is 0 Å². The molecule has 8 nitrogen and oxygen atoms in total. The number of unbranched alkanes of at least 4 members (excludes halogenated alkanes) is 18. The second-order valence-corrected chi connectivity index (χ2v) is 16.0. The van der Waals surface area contributed by atoms with E-state index in [-0.39, 0.29) is 49.1 Å². The fourth-order valence-corrected chi connectivity index (χ4v) is 6.25. The van der Waals surface area contributed by atoms with Gasteiger partial charge in [-0.2, -0.15) is 0 Å². The van der Waals surface area contributed by atoms with E-state index in [2.05, 4.69) is 38.2 Å². The lowest BCUT2D eigenvalue weighted by Crippen LogP contribution is -2.55. The predicted octanol–water partition coefficient (Wildman–Crippen LogP) is 10.9. The molecule has 0 amide bonds. The summed E-state index contributed by atoms with van der Waals surface area (Å²) in [5, 5.41) is 11.6. The van der Waals surface area contributed by atoms with Crippen LogP contribution in [0.4, 0.5) is 0 Å². The first-order valence-electron chi connectivity index (χ1n) is 22.4. The highest BCUT2D eigenvalue weighted by Crippen LogP contribution is 2.14. The molecule has 0 saturated heterocycles. The average molecular weight is 786 g/mol. The van der Waals surface area contributed by atoms with Crippen LogP contribution in [0.3, 0.4) is 0 Å². The first-order chi connectivity index (χ1) is 27.1. The van der Waals surface area contributed by atoms with Gasteiger partial charge >= 0.3 is 11.9 Å². The number of carboxylic acids is 1. The third-order valence-electron chi connectivity index (χ3n) is 9.73. The van der Waals surface area contributed by atoms with Crippen molar-refractivity contribution in [2.24, 2.45) is 0 Å². The van der Waals surface area contributed by atoms with Gasteiger partial charge in [-0.15, -0.1) is 0 Å². The molecule has 0 aliphatic heterocycles. The molecule has 0 aliphatic rings. The number of hydrogen-bond acceptors (Lipinski definition) is 7. The Balaban J connectivity index is 4.35. The lowest BCUT2D eigenvalue weighted by atomic mass is 10.1. The maximum absolute atomic E-state index is 12.7. The number of carbonyl (C=O) groups excluding carboxylic acids is 3. The van der Waals surface area contributed by atoms with Crippen LogP contribution in [-0.2, 0) is 28.6 Å². The monoisotopic (exact) mass is 786 g/mol. The molecule has 56 heavy (non-hydrogen) atoms. The molecule has 0 heterocycles. The van der Waals surface area contributed by atoms with E-state index in [4.69, 9.17) is 14.2 Å². The minimum Gasteiger partial charge on any atom is -0.544 e. The Morgan fingerprint density at radius 3 is 1.55 bits per heavy atom. The van der Waals surface area contributed by atoms with Crippen molar-refractivity contribution in [1.82, 2.24) is 0 Å². The van der Waals surface area contributed by atoms with Gasteiger partial charge in [0, 0.05) is 19.3 Å². The molecular weight excluding hydrogens is 703 g/mol. The van der Waals surface area contributed by atoms with Crippen molar-refractivity contribution in [3.05, 3.63) is 60.8 Å². The Labute approximate surface area is 343 Å². The fraction of sp³-hybridized carbons (Fsp3) is 0.729. The molecule has 8 heteroatoms. The summed E-state index contributed by atoms with van der Waals surface area (Å²) in [5.74, 6) is -1.80. The number of ether oxygens (including phenoxy) is 3. The topological polar surface area (TPSA) is 102 Å². The fourth-order valence-electron chi connectivity index (χ4n) is 6.25. The average Bonchev–Trinajstić information content (AvgIpc) is 3.15. The standard InChI is InChI=1S/C48H83NO7/c1-6-8-10-12-14-16-18-20-21-22-23-24-25-27-28-30-32-34-36-38-46(50)55-43-44(42-54-41-40-45(48(52)53)49(3,4)5)56-47(51)39-37-35-33-31-29-26-19-17-15-13-11-9-7-2/h9,11,13,15,17,19,22-23,26,29,44-45H,6-8,10,12,14,16,18,20-21,24-25,27-28,30-43H2,1-5H3/b11-9+,15-13+,19-17+,23-22+,29-26+. The molecule has 2 unspecified atom stereocenters. The molecule has 0 aromatic carbocycles. The first kappa shape index (κ1) is 53.0. The van der Waals surface area contributed by atoms with Crippen LogP contribution in [0.15, 0.2) is 60.8 Å². The maximum atomic E-state index is 12.7. The van der Waals surface area contributed by atoms with E-state index >= 15 is 0 Å². The van der Waals surface area contributed by atoms with E-state index in [9.17, 15) is 19.5 Å². The first-order valence-corrected chi connectivity index (χ1v) is 22.4. The van der Waals surface area contributed by atoms with Gasteiger partial charge in [0.25, 0.3) is 0 Å². The number of allylic oxidation sites excluding steroid dienone is 10. The molecular formula is C48H83NO7. The van der Waals surface area contributed by atoms with Crippen LogP contribution in [0, 0.1) is 0 Å². The molecule has 0 aromatic rings. The predicted molar refractivity (Wildman–Crippen MR) is 231 cm³/mol. The van der Waals surface area contributed by atoms with Gasteiger partial charge in [-0.1, -0.05) is 158 Å². The van der Waals surface area contributed by atoms with Crippen molar-refractivity contribution in [2.45, 2.75) is 187 Å². The third-order valence-corrected chi connectivity index (χ3v) is 9.73. The Morgan fingerprint density at radius 1 is 0.554 bits per heavy atom.